The van der Waals surface area contributed by atoms with Gasteiger partial charge < -0.3 is 20.3 Å². The Morgan fingerprint density at radius 1 is 1.38 bits per heavy atom. The number of anilines is 2. The van der Waals surface area contributed by atoms with Crippen LogP contribution in [-0.4, -0.2) is 41.0 Å². The molecule has 3 N–H and O–H groups in total. The summed E-state index contributed by atoms with van der Waals surface area (Å²) in [5.41, 5.74) is 6.58. The van der Waals surface area contributed by atoms with Crippen LogP contribution in [0.2, 0.25) is 0 Å². The van der Waals surface area contributed by atoms with E-state index >= 15 is 4.39 Å². The Morgan fingerprint density at radius 2 is 2.10 bits per heavy atom. The molecule has 0 bridgehead atoms. The van der Waals surface area contributed by atoms with Gasteiger partial charge in [0, 0.05) is 43.5 Å². The van der Waals surface area contributed by atoms with Crippen molar-refractivity contribution in [2.75, 3.05) is 30.3 Å². The number of aliphatic imine (C=N–C) groups is 1. The van der Waals surface area contributed by atoms with E-state index in [9.17, 15) is 14.7 Å². The number of benzene rings is 1. The number of rotatable bonds is 5. The lowest BCUT2D eigenvalue weighted by molar-refractivity contribution is 0.0695. The van der Waals surface area contributed by atoms with Gasteiger partial charge in [-0.2, -0.15) is 0 Å². The van der Waals surface area contributed by atoms with Crippen LogP contribution >= 0.6 is 0 Å². The minimum absolute atomic E-state index is 0.0440. The van der Waals surface area contributed by atoms with Crippen molar-refractivity contribution in [3.63, 3.8) is 0 Å². The summed E-state index contributed by atoms with van der Waals surface area (Å²) in [5, 5.41) is 9.35. The summed E-state index contributed by atoms with van der Waals surface area (Å²) in [6.07, 6.45) is 4.03. The highest BCUT2D eigenvalue weighted by Crippen LogP contribution is 2.40. The van der Waals surface area contributed by atoms with Crippen LogP contribution in [-0.2, 0) is 0 Å². The number of nitrogen functional groups attached to an aromatic ring is 1. The predicted octanol–water partition coefficient (Wildman–Crippen LogP) is 3.06. The predicted molar refractivity (Wildman–Crippen MR) is 112 cm³/mol. The monoisotopic (exact) mass is 400 g/mol. The Labute approximate surface area is 167 Å². The number of nitrogens with zero attached hydrogens (tertiary/aromatic N) is 3. The molecule has 1 unspecified atom stereocenters. The molecule has 0 spiro atoms. The van der Waals surface area contributed by atoms with Gasteiger partial charge in [-0.25, -0.2) is 9.18 Å². The molecule has 1 saturated carbocycles. The van der Waals surface area contributed by atoms with Crippen molar-refractivity contribution in [1.82, 2.24) is 4.57 Å². The normalized spacial score (nSPS) is 19.9. The molecular weight excluding hydrogens is 375 g/mol. The van der Waals surface area contributed by atoms with E-state index in [2.05, 4.69) is 4.99 Å². The van der Waals surface area contributed by atoms with Crippen LogP contribution in [0.15, 0.2) is 22.1 Å². The van der Waals surface area contributed by atoms with Crippen molar-refractivity contribution in [2.24, 2.45) is 10.9 Å². The number of pyridine rings is 1. The lowest BCUT2D eigenvalue weighted by Gasteiger charge is -2.22. The Hall–Kier alpha value is -2.90. The molecule has 2 aliphatic rings. The largest absolute Gasteiger partial charge is 0.477 e. The zero-order chi connectivity index (χ0) is 20.9. The summed E-state index contributed by atoms with van der Waals surface area (Å²) in [6, 6.07) is 1.76. The fourth-order valence-corrected chi connectivity index (χ4v) is 4.23. The fraction of sp³-hybridized carbons (Fsp3) is 0.476. The first-order valence-electron chi connectivity index (χ1n) is 9.99. The van der Waals surface area contributed by atoms with E-state index in [1.165, 1.54) is 6.20 Å². The smallest absolute Gasteiger partial charge is 0.341 e. The van der Waals surface area contributed by atoms with E-state index in [0.29, 0.717) is 24.3 Å². The highest BCUT2D eigenvalue weighted by atomic mass is 19.1. The third kappa shape index (κ3) is 3.26. The second-order valence-electron chi connectivity index (χ2n) is 7.88. The molecule has 2 fully saturated rings. The van der Waals surface area contributed by atoms with Gasteiger partial charge in [0.25, 0.3) is 0 Å². The number of carboxylic acid groups (broad SMARTS) is 1. The summed E-state index contributed by atoms with van der Waals surface area (Å²) >= 11 is 0. The Balaban J connectivity index is 1.86. The molecule has 2 aromatic rings. The molecule has 1 saturated heterocycles. The van der Waals surface area contributed by atoms with Gasteiger partial charge in [-0.1, -0.05) is 0 Å². The van der Waals surface area contributed by atoms with Gasteiger partial charge >= 0.3 is 5.97 Å². The van der Waals surface area contributed by atoms with E-state index in [1.54, 1.807) is 10.6 Å². The molecule has 1 aromatic carbocycles. The fourth-order valence-electron chi connectivity index (χ4n) is 4.23. The topological polar surface area (TPSA) is 101 Å². The summed E-state index contributed by atoms with van der Waals surface area (Å²) < 4.78 is 17.0. The van der Waals surface area contributed by atoms with Gasteiger partial charge in [0.05, 0.1) is 22.3 Å². The molecule has 1 aromatic heterocycles. The van der Waals surface area contributed by atoms with Gasteiger partial charge in [0.1, 0.15) is 5.56 Å². The Morgan fingerprint density at radius 3 is 2.72 bits per heavy atom. The highest BCUT2D eigenvalue weighted by Gasteiger charge is 2.31. The van der Waals surface area contributed by atoms with Crippen LogP contribution in [0.5, 0.6) is 0 Å². The first-order valence-corrected chi connectivity index (χ1v) is 9.99. The van der Waals surface area contributed by atoms with Crippen molar-refractivity contribution in [3.8, 4) is 0 Å². The summed E-state index contributed by atoms with van der Waals surface area (Å²) in [4.78, 5) is 30.7. The van der Waals surface area contributed by atoms with Crippen molar-refractivity contribution in [3.05, 3.63) is 33.9 Å². The zero-order valence-electron chi connectivity index (χ0n) is 16.6. The van der Waals surface area contributed by atoms with Gasteiger partial charge in [-0.05, 0) is 39.2 Å². The number of aromatic carboxylic acids is 1. The molecule has 1 aliphatic heterocycles. The van der Waals surface area contributed by atoms with Gasteiger partial charge in [0.2, 0.25) is 5.43 Å². The molecule has 0 radical (unpaired) electrons. The first-order chi connectivity index (χ1) is 13.8. The number of carboxylic acids is 1. The van der Waals surface area contributed by atoms with Crippen molar-refractivity contribution >= 4 is 34.0 Å². The van der Waals surface area contributed by atoms with Crippen molar-refractivity contribution < 1.29 is 14.3 Å². The molecular formula is C21H25FN4O3. The second kappa shape index (κ2) is 7.17. The number of carbonyl (C=O) groups is 1. The van der Waals surface area contributed by atoms with Gasteiger partial charge in [-0.15, -0.1) is 0 Å². The lowest BCUT2D eigenvalue weighted by Crippen LogP contribution is -2.25. The molecule has 4 rings (SSSR count). The van der Waals surface area contributed by atoms with E-state index in [0.717, 1.165) is 31.5 Å². The van der Waals surface area contributed by atoms with E-state index in [1.807, 2.05) is 18.7 Å². The van der Waals surface area contributed by atoms with Crippen LogP contribution in [0.4, 0.5) is 15.8 Å². The molecule has 1 atom stereocenters. The SMILES string of the molecule is CC/N=C(\C)C1CCN(c2cc3c(c(N)c2F)c(=O)c(C(=O)O)cn3C2CC2)C1. The molecule has 7 nitrogen and oxygen atoms in total. The average molecular weight is 400 g/mol. The molecule has 154 valence electrons. The first kappa shape index (κ1) is 19.4. The molecule has 8 heteroatoms. The number of fused-ring (bicyclic) bond motifs is 1. The van der Waals surface area contributed by atoms with Crippen molar-refractivity contribution in [2.45, 2.75) is 39.2 Å². The van der Waals surface area contributed by atoms with Gasteiger partial charge in [-0.3, -0.25) is 9.79 Å². The number of hydrogen-bond donors (Lipinski definition) is 2. The molecule has 2 heterocycles. The average Bonchev–Trinajstić information content (AvgIpc) is 3.40. The Kier molecular flexibility index (Phi) is 4.80. The quantitative estimate of drug-likeness (QED) is 0.593. The summed E-state index contributed by atoms with van der Waals surface area (Å²) in [5.74, 6) is -1.74. The standard InChI is InChI=1S/C21H25FN4O3/c1-3-24-11(2)12-6-7-25(9-12)16-8-15-17(19(23)18(16)22)20(27)14(21(28)29)10-26(15)13-4-5-13/h8,10,12-13H,3-7,9,23H2,1-2H3,(H,28,29)/b24-11+. The summed E-state index contributed by atoms with van der Waals surface area (Å²) in [6.45, 7) is 6.02. The summed E-state index contributed by atoms with van der Waals surface area (Å²) in [7, 11) is 0. The van der Waals surface area contributed by atoms with Crippen molar-refractivity contribution in [1.29, 1.82) is 0 Å². The maximum atomic E-state index is 15.2. The van der Waals surface area contributed by atoms with Crippen LogP contribution in [0, 0.1) is 11.7 Å². The molecule has 29 heavy (non-hydrogen) atoms. The second-order valence-corrected chi connectivity index (χ2v) is 7.88. The van der Waals surface area contributed by atoms with Crippen LogP contribution in [0.25, 0.3) is 10.9 Å². The molecule has 1 aliphatic carbocycles. The third-order valence-electron chi connectivity index (χ3n) is 5.98. The molecule has 0 amide bonds. The maximum absolute atomic E-state index is 15.2. The number of nitrogens with two attached hydrogens (primary N) is 1. The van der Waals surface area contributed by atoms with Crippen LogP contribution in [0.3, 0.4) is 0 Å². The number of aromatic nitrogens is 1. The van der Waals surface area contributed by atoms with E-state index < -0.39 is 17.2 Å². The zero-order valence-corrected chi connectivity index (χ0v) is 16.6. The minimum atomic E-state index is -1.33. The number of halogens is 1. The van der Waals surface area contributed by atoms with E-state index in [-0.39, 0.29) is 28.6 Å². The Bertz CT molecular complexity index is 1090. The van der Waals surface area contributed by atoms with Crippen LogP contribution < -0.4 is 16.1 Å². The van der Waals surface area contributed by atoms with Crippen LogP contribution in [0.1, 0.15) is 49.5 Å². The highest BCUT2D eigenvalue weighted by molar-refractivity contribution is 5.99. The third-order valence-corrected chi connectivity index (χ3v) is 5.98. The lowest BCUT2D eigenvalue weighted by atomic mass is 10.0. The van der Waals surface area contributed by atoms with Gasteiger partial charge in [0.15, 0.2) is 5.82 Å². The van der Waals surface area contributed by atoms with E-state index in [4.69, 9.17) is 5.73 Å². The minimum Gasteiger partial charge on any atom is -0.477 e. The number of hydrogen-bond acceptors (Lipinski definition) is 5. The maximum Gasteiger partial charge on any atom is 0.341 e.